The molecule has 2 atom stereocenters. The van der Waals surface area contributed by atoms with E-state index in [1.54, 1.807) is 56.0 Å². The van der Waals surface area contributed by atoms with Gasteiger partial charge >= 0.3 is 6.09 Å². The molecule has 0 aromatic heterocycles. The van der Waals surface area contributed by atoms with Crippen molar-refractivity contribution in [2.75, 3.05) is 5.32 Å². The number of anilines is 1. The van der Waals surface area contributed by atoms with Crippen molar-refractivity contribution in [3.05, 3.63) is 64.2 Å². The van der Waals surface area contributed by atoms with Gasteiger partial charge in [0.25, 0.3) is 5.91 Å². The van der Waals surface area contributed by atoms with E-state index in [2.05, 4.69) is 16.6 Å². The maximum atomic E-state index is 14.4. The average molecular weight is 566 g/mol. The largest absolute Gasteiger partial charge is 0.444 e. The Bertz CT molecular complexity index is 1240. The summed E-state index contributed by atoms with van der Waals surface area (Å²) in [5.41, 5.74) is 1.84. The van der Waals surface area contributed by atoms with Gasteiger partial charge in [0.1, 0.15) is 17.7 Å². The first-order valence-electron chi connectivity index (χ1n) is 13.7. The van der Waals surface area contributed by atoms with Crippen molar-refractivity contribution < 1.29 is 19.1 Å². The van der Waals surface area contributed by atoms with E-state index in [1.807, 2.05) is 32.9 Å². The second-order valence-corrected chi connectivity index (χ2v) is 12.2. The van der Waals surface area contributed by atoms with Crippen molar-refractivity contribution in [1.82, 2.24) is 10.2 Å². The van der Waals surface area contributed by atoms with Crippen LogP contribution in [0.4, 0.5) is 10.5 Å². The number of hydrogen-bond donors (Lipinski definition) is 2. The number of benzene rings is 2. The van der Waals surface area contributed by atoms with Crippen molar-refractivity contribution >= 4 is 35.2 Å². The molecule has 0 radical (unpaired) electrons. The number of aryl methyl sites for hydroxylation is 1. The van der Waals surface area contributed by atoms with Gasteiger partial charge in [0.05, 0.1) is 10.7 Å². The SMILES string of the molecule is C#Cc1ccc(C(C(=O)Nc2c(C)cccc2Cl)N(C(=O)C(CC(C)C)NC(=O)OC(C)(C)C)C2CCC2)cc1. The van der Waals surface area contributed by atoms with Crippen LogP contribution in [0.2, 0.25) is 5.02 Å². The van der Waals surface area contributed by atoms with Crippen LogP contribution in [0.15, 0.2) is 42.5 Å². The van der Waals surface area contributed by atoms with Crippen molar-refractivity contribution in [3.63, 3.8) is 0 Å². The fraction of sp³-hybridized carbons (Fsp3) is 0.469. The molecular weight excluding hydrogens is 526 g/mol. The van der Waals surface area contributed by atoms with Gasteiger partial charge in [-0.25, -0.2) is 4.79 Å². The number of alkyl carbamates (subject to hydrolysis) is 1. The fourth-order valence-corrected chi connectivity index (χ4v) is 4.96. The lowest BCUT2D eigenvalue weighted by Gasteiger charge is -2.44. The molecule has 214 valence electrons. The molecule has 1 aliphatic rings. The van der Waals surface area contributed by atoms with Crippen LogP contribution in [0.5, 0.6) is 0 Å². The Kier molecular flexibility index (Phi) is 10.3. The lowest BCUT2D eigenvalue weighted by atomic mass is 9.87. The second kappa shape index (κ2) is 13.2. The smallest absolute Gasteiger partial charge is 0.408 e. The Labute approximate surface area is 243 Å². The number of ether oxygens (including phenoxy) is 1. The lowest BCUT2D eigenvalue weighted by molar-refractivity contribution is -0.146. The summed E-state index contributed by atoms with van der Waals surface area (Å²) in [4.78, 5) is 42.9. The van der Waals surface area contributed by atoms with Gasteiger partial charge in [-0.15, -0.1) is 6.42 Å². The van der Waals surface area contributed by atoms with E-state index < -0.39 is 29.7 Å². The summed E-state index contributed by atoms with van der Waals surface area (Å²) in [7, 11) is 0. The molecule has 0 spiro atoms. The Hall–Kier alpha value is -3.50. The summed E-state index contributed by atoms with van der Waals surface area (Å²) < 4.78 is 5.47. The summed E-state index contributed by atoms with van der Waals surface area (Å²) in [5.74, 6) is 1.96. The average Bonchev–Trinajstić information content (AvgIpc) is 2.83. The third-order valence-electron chi connectivity index (χ3n) is 6.81. The summed E-state index contributed by atoms with van der Waals surface area (Å²) in [6, 6.07) is 10.4. The molecule has 1 fully saturated rings. The number of carbonyl (C=O) groups excluding carboxylic acids is 3. The zero-order chi connectivity index (χ0) is 29.6. The van der Waals surface area contributed by atoms with Gasteiger partial charge < -0.3 is 20.3 Å². The van der Waals surface area contributed by atoms with Crippen LogP contribution in [-0.2, 0) is 14.3 Å². The van der Waals surface area contributed by atoms with Gasteiger partial charge in [-0.3, -0.25) is 9.59 Å². The van der Waals surface area contributed by atoms with Gasteiger partial charge in [0.2, 0.25) is 5.91 Å². The van der Waals surface area contributed by atoms with Crippen molar-refractivity contribution in [1.29, 1.82) is 0 Å². The third kappa shape index (κ3) is 8.02. The molecule has 2 N–H and O–H groups in total. The molecule has 0 bridgehead atoms. The van der Waals surface area contributed by atoms with Crippen molar-refractivity contribution in [2.24, 2.45) is 5.92 Å². The summed E-state index contributed by atoms with van der Waals surface area (Å²) in [6.07, 6.45) is 7.73. The molecule has 0 saturated heterocycles. The number of terminal acetylenes is 1. The summed E-state index contributed by atoms with van der Waals surface area (Å²) >= 11 is 6.45. The van der Waals surface area contributed by atoms with E-state index in [1.165, 1.54) is 0 Å². The molecule has 8 heteroatoms. The van der Waals surface area contributed by atoms with Gasteiger partial charge in [-0.1, -0.05) is 55.6 Å². The zero-order valence-corrected chi connectivity index (χ0v) is 25.0. The molecular formula is C32H40ClN3O4. The standard InChI is InChI=1S/C32H40ClN3O4/c1-8-22-15-17-23(18-16-22)28(29(37)35-27-21(4)11-9-14-25(27)33)36(24-12-10-13-24)30(38)26(19-20(2)3)34-31(39)40-32(5,6)7/h1,9,11,14-18,20,24,26,28H,10,12-13,19H2,2-7H3,(H,34,39)(H,35,37). The van der Waals surface area contributed by atoms with E-state index >= 15 is 0 Å². The van der Waals surface area contributed by atoms with Crippen molar-refractivity contribution in [2.45, 2.75) is 91.0 Å². The maximum absolute atomic E-state index is 14.4. The van der Waals surface area contributed by atoms with E-state index in [0.717, 1.165) is 24.8 Å². The molecule has 1 saturated carbocycles. The monoisotopic (exact) mass is 565 g/mol. The number of hydrogen-bond acceptors (Lipinski definition) is 4. The molecule has 40 heavy (non-hydrogen) atoms. The number of nitrogens with zero attached hydrogens (tertiary/aromatic N) is 1. The van der Waals surface area contributed by atoms with Crippen LogP contribution in [0, 0.1) is 25.2 Å². The first-order valence-corrected chi connectivity index (χ1v) is 14.1. The number of para-hydroxylation sites is 1. The molecule has 7 nitrogen and oxygen atoms in total. The Morgan fingerprint density at radius 2 is 1.77 bits per heavy atom. The number of halogens is 1. The van der Waals surface area contributed by atoms with Gasteiger partial charge in [0, 0.05) is 11.6 Å². The number of carbonyl (C=O) groups is 3. The first kappa shape index (κ1) is 31.0. The Morgan fingerprint density at radius 3 is 2.27 bits per heavy atom. The third-order valence-corrected chi connectivity index (χ3v) is 7.12. The van der Waals surface area contributed by atoms with Crippen LogP contribution < -0.4 is 10.6 Å². The highest BCUT2D eigenvalue weighted by molar-refractivity contribution is 6.34. The van der Waals surface area contributed by atoms with Crippen molar-refractivity contribution in [3.8, 4) is 12.3 Å². The zero-order valence-electron chi connectivity index (χ0n) is 24.2. The first-order chi connectivity index (χ1) is 18.8. The normalized spacial score (nSPS) is 14.9. The summed E-state index contributed by atoms with van der Waals surface area (Å²) in [5, 5.41) is 6.17. The maximum Gasteiger partial charge on any atom is 0.408 e. The van der Waals surface area contributed by atoms with E-state index in [0.29, 0.717) is 28.3 Å². The predicted molar refractivity (Wildman–Crippen MR) is 159 cm³/mol. The van der Waals surface area contributed by atoms with E-state index in [9.17, 15) is 14.4 Å². The minimum absolute atomic E-state index is 0.0973. The number of nitrogens with one attached hydrogen (secondary N) is 2. The molecule has 3 amide bonds. The second-order valence-electron chi connectivity index (χ2n) is 11.7. The topological polar surface area (TPSA) is 87.7 Å². The van der Waals surface area contributed by atoms with Crippen LogP contribution in [0.3, 0.4) is 0 Å². The van der Waals surface area contributed by atoms with Gasteiger partial charge in [-0.05, 0) is 88.6 Å². The van der Waals surface area contributed by atoms with Gasteiger partial charge in [-0.2, -0.15) is 0 Å². The highest BCUT2D eigenvalue weighted by Gasteiger charge is 2.42. The Morgan fingerprint density at radius 1 is 1.12 bits per heavy atom. The Balaban J connectivity index is 2.06. The molecule has 2 aromatic carbocycles. The van der Waals surface area contributed by atoms with Crippen LogP contribution in [0.25, 0.3) is 0 Å². The molecule has 1 aliphatic carbocycles. The summed E-state index contributed by atoms with van der Waals surface area (Å²) in [6.45, 7) is 11.1. The van der Waals surface area contributed by atoms with E-state index in [4.69, 9.17) is 22.8 Å². The minimum atomic E-state index is -0.976. The van der Waals surface area contributed by atoms with Gasteiger partial charge in [0.15, 0.2) is 0 Å². The molecule has 0 heterocycles. The molecule has 2 aromatic rings. The number of amides is 3. The van der Waals surface area contributed by atoms with Crippen LogP contribution >= 0.6 is 11.6 Å². The lowest BCUT2D eigenvalue weighted by Crippen LogP contribution is -2.57. The number of rotatable bonds is 9. The molecule has 2 unspecified atom stereocenters. The predicted octanol–water partition coefficient (Wildman–Crippen LogP) is 6.63. The molecule has 3 rings (SSSR count). The highest BCUT2D eigenvalue weighted by atomic mass is 35.5. The fourth-order valence-electron chi connectivity index (χ4n) is 4.69. The minimum Gasteiger partial charge on any atom is -0.444 e. The van der Waals surface area contributed by atoms with E-state index in [-0.39, 0.29) is 17.9 Å². The molecule has 0 aliphatic heterocycles. The quantitative estimate of drug-likeness (QED) is 0.334. The van der Waals surface area contributed by atoms with Crippen LogP contribution in [-0.4, -0.2) is 40.5 Å². The van der Waals surface area contributed by atoms with Crippen LogP contribution in [0.1, 0.15) is 83.0 Å². The highest BCUT2D eigenvalue weighted by Crippen LogP contribution is 2.36.